The van der Waals surface area contributed by atoms with Crippen LogP contribution in [-0.4, -0.2) is 83.5 Å². The summed E-state index contributed by atoms with van der Waals surface area (Å²) in [6.07, 6.45) is 2.15. The summed E-state index contributed by atoms with van der Waals surface area (Å²) in [5.74, 6) is 0.527. The monoisotopic (exact) mass is 711 g/mol. The molecule has 2 atom stereocenters. The van der Waals surface area contributed by atoms with Crippen molar-refractivity contribution in [2.45, 2.75) is 51.4 Å². The van der Waals surface area contributed by atoms with Gasteiger partial charge in [0.2, 0.25) is 11.9 Å². The summed E-state index contributed by atoms with van der Waals surface area (Å²) in [5.41, 5.74) is 21.5. The van der Waals surface area contributed by atoms with E-state index in [-0.39, 0.29) is 40.1 Å². The molecule has 49 heavy (non-hydrogen) atoms. The van der Waals surface area contributed by atoms with Gasteiger partial charge in [0, 0.05) is 13.2 Å². The number of rotatable bonds is 11. The number of halogens is 2. The number of pyridine rings is 2. The van der Waals surface area contributed by atoms with E-state index in [9.17, 15) is 0 Å². The molecule has 17 nitrogen and oxygen atoms in total. The number of nitrogen functional groups attached to an aromatic ring is 3. The summed E-state index contributed by atoms with van der Waals surface area (Å²) in [5, 5.41) is 11.4. The maximum Gasteiger partial charge on any atom is 0.223 e. The van der Waals surface area contributed by atoms with Crippen LogP contribution in [0.2, 0.25) is 10.3 Å². The zero-order chi connectivity index (χ0) is 34.2. The first-order valence-corrected chi connectivity index (χ1v) is 16.2. The quantitative estimate of drug-likeness (QED) is 0.144. The highest BCUT2D eigenvalue weighted by Crippen LogP contribution is 2.25. The molecule has 2 fully saturated rings. The van der Waals surface area contributed by atoms with E-state index in [1.165, 1.54) is 0 Å². The van der Waals surface area contributed by atoms with Crippen LogP contribution in [0.15, 0.2) is 36.4 Å². The van der Waals surface area contributed by atoms with Crippen LogP contribution < -0.4 is 22.5 Å². The highest BCUT2D eigenvalue weighted by atomic mass is 35.5. The Labute approximate surface area is 290 Å². The van der Waals surface area contributed by atoms with Gasteiger partial charge in [-0.25, -0.2) is 4.68 Å². The number of nitrogens with zero attached hydrogens (tertiary/aromatic N) is 9. The fourth-order valence-corrected chi connectivity index (χ4v) is 5.35. The molecule has 0 spiro atoms. The molecule has 0 bridgehead atoms. The molecule has 19 heteroatoms. The van der Waals surface area contributed by atoms with Gasteiger partial charge in [-0.2, -0.15) is 19.9 Å². The molecule has 0 saturated carbocycles. The SMILES string of the molecule is Nc1nc(Cl)c(N)c(NCc2cccc(CO[C@H]3CCOC3)n2)n1.Nc1nc(Cl)c2nnn(Cc3cccc(CO[C@H]4CCOC4)n3)c2n1. The normalized spacial score (nSPS) is 17.3. The van der Waals surface area contributed by atoms with E-state index in [1.54, 1.807) is 4.68 Å². The Kier molecular flexibility index (Phi) is 11.4. The van der Waals surface area contributed by atoms with E-state index < -0.39 is 0 Å². The molecule has 2 aliphatic rings. The van der Waals surface area contributed by atoms with Gasteiger partial charge in [-0.1, -0.05) is 40.5 Å². The van der Waals surface area contributed by atoms with E-state index in [2.05, 4.69) is 45.5 Å². The summed E-state index contributed by atoms with van der Waals surface area (Å²) < 4.78 is 23.8. The minimum absolute atomic E-state index is 0.0607. The fourth-order valence-electron chi connectivity index (χ4n) is 4.97. The van der Waals surface area contributed by atoms with Crippen molar-refractivity contribution in [1.82, 2.24) is 44.9 Å². The lowest BCUT2D eigenvalue weighted by Gasteiger charge is -2.11. The second kappa shape index (κ2) is 16.3. The van der Waals surface area contributed by atoms with Gasteiger partial charge in [0.1, 0.15) is 5.69 Å². The highest BCUT2D eigenvalue weighted by Gasteiger charge is 2.18. The predicted octanol–water partition coefficient (Wildman–Crippen LogP) is 2.81. The Hall–Kier alpha value is -4.52. The molecule has 2 saturated heterocycles. The smallest absolute Gasteiger partial charge is 0.223 e. The van der Waals surface area contributed by atoms with E-state index in [0.717, 1.165) is 48.8 Å². The highest BCUT2D eigenvalue weighted by molar-refractivity contribution is 6.33. The van der Waals surface area contributed by atoms with Crippen molar-refractivity contribution >= 4 is 57.8 Å². The number of aromatic nitrogens is 9. The molecular weight excluding hydrogens is 677 g/mol. The predicted molar refractivity (Wildman–Crippen MR) is 181 cm³/mol. The number of hydrogen-bond donors (Lipinski definition) is 4. The molecule has 5 aromatic heterocycles. The second-order valence-electron chi connectivity index (χ2n) is 11.1. The summed E-state index contributed by atoms with van der Waals surface area (Å²) in [6, 6.07) is 11.5. The molecule has 0 amide bonds. The minimum Gasteiger partial charge on any atom is -0.393 e. The van der Waals surface area contributed by atoms with Crippen molar-refractivity contribution in [3.63, 3.8) is 0 Å². The third-order valence-corrected chi connectivity index (χ3v) is 7.99. The lowest BCUT2D eigenvalue weighted by atomic mass is 10.3. The second-order valence-corrected chi connectivity index (χ2v) is 11.8. The van der Waals surface area contributed by atoms with Gasteiger partial charge < -0.3 is 41.5 Å². The van der Waals surface area contributed by atoms with Gasteiger partial charge in [-0.15, -0.1) is 5.10 Å². The van der Waals surface area contributed by atoms with Crippen LogP contribution in [0.5, 0.6) is 0 Å². The maximum absolute atomic E-state index is 6.02. The molecule has 7 rings (SSSR count). The Balaban J connectivity index is 0.000000170. The molecule has 0 unspecified atom stereocenters. The van der Waals surface area contributed by atoms with Crippen LogP contribution in [0.1, 0.15) is 35.6 Å². The average Bonchev–Trinajstić information content (AvgIpc) is 3.89. The molecule has 0 aromatic carbocycles. The standard InChI is InChI=1S/C15H16ClN7O2.C15H19ClN6O2/c16-13-12-14(20-15(17)19-13)23(22-21-12)6-9-2-1-3-10(18-9)7-25-11-4-5-24-8-11;16-13-12(17)14(22-15(18)21-13)19-6-9-2-1-3-10(20-9)7-24-11-4-5-23-8-11/h1-3,11H,4-8H2,(H2,17,19,20);1-3,11H,4-8,17H2,(H3,18,19,21,22)/t2*11-/m00/s1. The van der Waals surface area contributed by atoms with Crippen LogP contribution in [0.25, 0.3) is 11.2 Å². The van der Waals surface area contributed by atoms with Gasteiger partial charge in [0.25, 0.3) is 0 Å². The Bertz CT molecular complexity index is 1870. The first-order chi connectivity index (χ1) is 23.8. The van der Waals surface area contributed by atoms with Gasteiger partial charge in [-0.05, 0) is 37.1 Å². The van der Waals surface area contributed by atoms with E-state index in [4.69, 9.17) is 59.4 Å². The van der Waals surface area contributed by atoms with Gasteiger partial charge >= 0.3 is 0 Å². The van der Waals surface area contributed by atoms with Crippen LogP contribution in [0, 0.1) is 0 Å². The molecule has 2 aliphatic heterocycles. The maximum atomic E-state index is 6.02. The van der Waals surface area contributed by atoms with Crippen LogP contribution in [0.3, 0.4) is 0 Å². The van der Waals surface area contributed by atoms with Crippen molar-refractivity contribution < 1.29 is 18.9 Å². The Morgan fingerprint density at radius 2 is 1.35 bits per heavy atom. The summed E-state index contributed by atoms with van der Waals surface area (Å²) in [4.78, 5) is 25.0. The molecule has 5 aromatic rings. The summed E-state index contributed by atoms with van der Waals surface area (Å²) >= 11 is 11.9. The molecule has 0 radical (unpaired) electrons. The largest absolute Gasteiger partial charge is 0.393 e. The van der Waals surface area contributed by atoms with Crippen molar-refractivity contribution in [3.8, 4) is 0 Å². The molecule has 0 aliphatic carbocycles. The third-order valence-electron chi connectivity index (χ3n) is 7.44. The van der Waals surface area contributed by atoms with Crippen LogP contribution >= 0.6 is 23.2 Å². The first kappa shape index (κ1) is 34.3. The third kappa shape index (κ3) is 9.34. The first-order valence-electron chi connectivity index (χ1n) is 15.4. The average molecular weight is 713 g/mol. The molecule has 258 valence electrons. The van der Waals surface area contributed by atoms with Crippen LogP contribution in [-0.2, 0) is 45.3 Å². The van der Waals surface area contributed by atoms with E-state index in [1.807, 2.05) is 36.4 Å². The number of fused-ring (bicyclic) bond motifs is 1. The summed E-state index contributed by atoms with van der Waals surface area (Å²) in [7, 11) is 0. The van der Waals surface area contributed by atoms with Gasteiger partial charge in [-0.3, -0.25) is 9.97 Å². The number of anilines is 4. The molecule has 7 N–H and O–H groups in total. The zero-order valence-corrected chi connectivity index (χ0v) is 27.8. The van der Waals surface area contributed by atoms with Crippen molar-refractivity contribution in [2.75, 3.05) is 48.9 Å². The lowest BCUT2D eigenvalue weighted by molar-refractivity contribution is 0.0300. The topological polar surface area (TPSA) is 235 Å². The number of hydrogen-bond acceptors (Lipinski definition) is 16. The van der Waals surface area contributed by atoms with E-state index in [0.29, 0.717) is 56.5 Å². The molecule has 7 heterocycles. The number of ether oxygens (including phenoxy) is 4. The number of nitrogens with one attached hydrogen (secondary N) is 1. The zero-order valence-electron chi connectivity index (χ0n) is 26.3. The van der Waals surface area contributed by atoms with Crippen molar-refractivity contribution in [1.29, 1.82) is 0 Å². The lowest BCUT2D eigenvalue weighted by Crippen LogP contribution is -2.13. The van der Waals surface area contributed by atoms with Gasteiger partial charge in [0.05, 0.1) is 74.5 Å². The number of nitrogens with two attached hydrogens (primary N) is 3. The van der Waals surface area contributed by atoms with Crippen LogP contribution in [0.4, 0.5) is 23.4 Å². The fraction of sp³-hybridized carbons (Fsp3) is 0.400. The summed E-state index contributed by atoms with van der Waals surface area (Å²) in [6.45, 7) is 4.53. The van der Waals surface area contributed by atoms with Crippen molar-refractivity contribution in [3.05, 3.63) is 69.5 Å². The Morgan fingerprint density at radius 1 is 0.755 bits per heavy atom. The van der Waals surface area contributed by atoms with Crippen molar-refractivity contribution in [2.24, 2.45) is 0 Å². The molecular formula is C30H35Cl2N13O4. The Morgan fingerprint density at radius 3 is 2.00 bits per heavy atom. The van der Waals surface area contributed by atoms with Gasteiger partial charge in [0.15, 0.2) is 27.3 Å². The van der Waals surface area contributed by atoms with E-state index >= 15 is 0 Å². The minimum atomic E-state index is 0.0607.